The Morgan fingerprint density at radius 2 is 2.27 bits per heavy atom. The van der Waals surface area contributed by atoms with Gasteiger partial charge < -0.3 is 10.3 Å². The third kappa shape index (κ3) is 2.77. The van der Waals surface area contributed by atoms with Crippen LogP contribution in [0.5, 0.6) is 0 Å². The molecule has 2 rings (SSSR count). The largest absolute Gasteiger partial charge is 0.370 e. The van der Waals surface area contributed by atoms with Crippen LogP contribution >= 0.6 is 0 Å². The highest BCUT2D eigenvalue weighted by molar-refractivity contribution is 5.33. The van der Waals surface area contributed by atoms with Crippen LogP contribution in [0.2, 0.25) is 0 Å². The zero-order valence-electron chi connectivity index (χ0n) is 8.07. The van der Waals surface area contributed by atoms with E-state index in [9.17, 15) is 4.39 Å². The van der Waals surface area contributed by atoms with Crippen molar-refractivity contribution in [2.24, 2.45) is 0 Å². The number of H-pyrrole nitrogens is 1. The maximum absolute atomic E-state index is 12.5. The number of halogens is 1. The molecule has 0 unspecified atom stereocenters. The Morgan fingerprint density at radius 1 is 1.33 bits per heavy atom. The number of nitrogens with one attached hydrogen (secondary N) is 2. The molecule has 0 saturated carbocycles. The standard InChI is InChI=1S/C10H11FN4/c11-8-1-2-10(14-5-8)13-4-3-9-6-12-7-15-9/h1-2,5-7H,3-4H2,(H,12,15)(H,13,14). The SMILES string of the molecule is Fc1ccc(NCCc2cnc[nH]2)nc1. The average Bonchev–Trinajstić information content (AvgIpc) is 2.74. The minimum atomic E-state index is -0.325. The van der Waals surface area contributed by atoms with Gasteiger partial charge >= 0.3 is 0 Å². The summed E-state index contributed by atoms with van der Waals surface area (Å²) in [6.45, 7) is 0.737. The summed E-state index contributed by atoms with van der Waals surface area (Å²) in [5.41, 5.74) is 1.06. The molecule has 0 fully saturated rings. The second kappa shape index (κ2) is 4.54. The summed E-state index contributed by atoms with van der Waals surface area (Å²) in [4.78, 5) is 10.8. The quantitative estimate of drug-likeness (QED) is 0.798. The summed E-state index contributed by atoms with van der Waals surface area (Å²) in [5.74, 6) is 0.352. The predicted octanol–water partition coefficient (Wildman–Crippen LogP) is 1.60. The van der Waals surface area contributed by atoms with Gasteiger partial charge in [0, 0.05) is 24.9 Å². The summed E-state index contributed by atoms with van der Waals surface area (Å²) >= 11 is 0. The van der Waals surface area contributed by atoms with Gasteiger partial charge in [0.15, 0.2) is 0 Å². The molecule has 0 amide bonds. The molecular weight excluding hydrogens is 195 g/mol. The van der Waals surface area contributed by atoms with E-state index in [-0.39, 0.29) is 5.82 Å². The van der Waals surface area contributed by atoms with E-state index in [0.717, 1.165) is 18.7 Å². The molecule has 0 radical (unpaired) electrons. The number of anilines is 1. The van der Waals surface area contributed by atoms with Crippen LogP contribution in [0, 0.1) is 5.82 Å². The van der Waals surface area contributed by atoms with Crippen LogP contribution in [0.3, 0.4) is 0 Å². The summed E-state index contributed by atoms with van der Waals surface area (Å²) in [6.07, 6.45) is 5.45. The number of nitrogens with zero attached hydrogens (tertiary/aromatic N) is 2. The lowest BCUT2D eigenvalue weighted by Crippen LogP contribution is -2.06. The van der Waals surface area contributed by atoms with Crippen LogP contribution < -0.4 is 5.32 Å². The molecule has 4 nitrogen and oxygen atoms in total. The Morgan fingerprint density at radius 3 is 2.93 bits per heavy atom. The number of hydrogen-bond acceptors (Lipinski definition) is 3. The minimum absolute atomic E-state index is 0.325. The Labute approximate surface area is 86.6 Å². The van der Waals surface area contributed by atoms with Crippen molar-refractivity contribution in [2.45, 2.75) is 6.42 Å². The molecule has 2 aromatic heterocycles. The van der Waals surface area contributed by atoms with E-state index in [0.29, 0.717) is 5.82 Å². The normalized spacial score (nSPS) is 10.2. The Bertz CT molecular complexity index is 396. The zero-order chi connectivity index (χ0) is 10.5. The average molecular weight is 206 g/mol. The van der Waals surface area contributed by atoms with Crippen molar-refractivity contribution in [3.63, 3.8) is 0 Å². The molecule has 0 aromatic carbocycles. The molecule has 5 heteroatoms. The van der Waals surface area contributed by atoms with E-state index in [2.05, 4.69) is 20.3 Å². The molecule has 78 valence electrons. The van der Waals surface area contributed by atoms with Gasteiger partial charge in [-0.2, -0.15) is 0 Å². The first-order chi connectivity index (χ1) is 7.34. The van der Waals surface area contributed by atoms with Crippen LogP contribution in [0.25, 0.3) is 0 Å². The zero-order valence-corrected chi connectivity index (χ0v) is 8.07. The molecule has 2 aromatic rings. The molecule has 15 heavy (non-hydrogen) atoms. The van der Waals surface area contributed by atoms with Gasteiger partial charge in [0.2, 0.25) is 0 Å². The van der Waals surface area contributed by atoms with Gasteiger partial charge in [0.25, 0.3) is 0 Å². The van der Waals surface area contributed by atoms with Crippen molar-refractivity contribution in [3.8, 4) is 0 Å². The topological polar surface area (TPSA) is 53.6 Å². The summed E-state index contributed by atoms with van der Waals surface area (Å²) in [5, 5.41) is 3.08. The van der Waals surface area contributed by atoms with Gasteiger partial charge in [0.1, 0.15) is 11.6 Å². The van der Waals surface area contributed by atoms with Crippen LogP contribution in [-0.4, -0.2) is 21.5 Å². The van der Waals surface area contributed by atoms with Crippen LogP contribution in [0.1, 0.15) is 5.69 Å². The van der Waals surface area contributed by atoms with Crippen molar-refractivity contribution >= 4 is 5.82 Å². The molecule has 0 spiro atoms. The highest BCUT2D eigenvalue weighted by Gasteiger charge is 1.96. The van der Waals surface area contributed by atoms with E-state index in [4.69, 9.17) is 0 Å². The fourth-order valence-electron chi connectivity index (χ4n) is 1.23. The third-order valence-corrected chi connectivity index (χ3v) is 1.98. The minimum Gasteiger partial charge on any atom is -0.370 e. The lowest BCUT2D eigenvalue weighted by molar-refractivity contribution is 0.621. The van der Waals surface area contributed by atoms with E-state index >= 15 is 0 Å². The molecule has 0 aliphatic rings. The van der Waals surface area contributed by atoms with E-state index in [1.54, 1.807) is 18.6 Å². The Hall–Kier alpha value is -1.91. The van der Waals surface area contributed by atoms with E-state index < -0.39 is 0 Å². The molecule has 0 atom stereocenters. The van der Waals surface area contributed by atoms with Gasteiger partial charge in [-0.25, -0.2) is 14.4 Å². The summed E-state index contributed by atoms with van der Waals surface area (Å²) in [7, 11) is 0. The highest BCUT2D eigenvalue weighted by atomic mass is 19.1. The maximum Gasteiger partial charge on any atom is 0.141 e. The lowest BCUT2D eigenvalue weighted by Gasteiger charge is -2.03. The first-order valence-electron chi connectivity index (χ1n) is 4.67. The van der Waals surface area contributed by atoms with Crippen LogP contribution in [0.4, 0.5) is 10.2 Å². The number of aromatic nitrogens is 3. The molecular formula is C10H11FN4. The number of aromatic amines is 1. The smallest absolute Gasteiger partial charge is 0.141 e. The number of hydrogen-bond donors (Lipinski definition) is 2. The van der Waals surface area contributed by atoms with Gasteiger partial charge in [-0.15, -0.1) is 0 Å². The van der Waals surface area contributed by atoms with Gasteiger partial charge in [-0.1, -0.05) is 0 Å². The van der Waals surface area contributed by atoms with Crippen LogP contribution in [0.15, 0.2) is 30.9 Å². The lowest BCUT2D eigenvalue weighted by atomic mass is 10.3. The molecule has 2 N–H and O–H groups in total. The number of pyridine rings is 1. The van der Waals surface area contributed by atoms with Crippen molar-refractivity contribution < 1.29 is 4.39 Å². The van der Waals surface area contributed by atoms with E-state index in [1.165, 1.54) is 12.3 Å². The van der Waals surface area contributed by atoms with Gasteiger partial charge in [0.05, 0.1) is 12.5 Å². The molecule has 0 saturated heterocycles. The highest BCUT2D eigenvalue weighted by Crippen LogP contribution is 2.03. The van der Waals surface area contributed by atoms with Crippen molar-refractivity contribution in [2.75, 3.05) is 11.9 Å². The first kappa shape index (κ1) is 9.64. The number of imidazole rings is 1. The van der Waals surface area contributed by atoms with Gasteiger partial charge in [-0.3, -0.25) is 0 Å². The fourth-order valence-corrected chi connectivity index (χ4v) is 1.23. The number of rotatable bonds is 4. The predicted molar refractivity (Wildman–Crippen MR) is 55.0 cm³/mol. The molecule has 0 aliphatic carbocycles. The Balaban J connectivity index is 1.81. The maximum atomic E-state index is 12.5. The summed E-state index contributed by atoms with van der Waals surface area (Å²) < 4.78 is 12.5. The second-order valence-electron chi connectivity index (χ2n) is 3.12. The monoisotopic (exact) mass is 206 g/mol. The Kier molecular flexibility index (Phi) is 2.92. The van der Waals surface area contributed by atoms with Crippen LogP contribution in [-0.2, 0) is 6.42 Å². The third-order valence-electron chi connectivity index (χ3n) is 1.98. The molecule has 0 aliphatic heterocycles. The van der Waals surface area contributed by atoms with E-state index in [1.807, 2.05) is 0 Å². The fraction of sp³-hybridized carbons (Fsp3) is 0.200. The summed E-state index contributed by atoms with van der Waals surface area (Å²) in [6, 6.07) is 2.99. The van der Waals surface area contributed by atoms with Gasteiger partial charge in [-0.05, 0) is 12.1 Å². The van der Waals surface area contributed by atoms with Crippen molar-refractivity contribution in [1.29, 1.82) is 0 Å². The first-order valence-corrected chi connectivity index (χ1v) is 4.67. The second-order valence-corrected chi connectivity index (χ2v) is 3.12. The molecule has 2 heterocycles. The molecule has 0 bridgehead atoms. The van der Waals surface area contributed by atoms with Crippen molar-refractivity contribution in [1.82, 2.24) is 15.0 Å². The van der Waals surface area contributed by atoms with Crippen molar-refractivity contribution in [3.05, 3.63) is 42.4 Å².